The fourth-order valence-corrected chi connectivity index (χ4v) is 4.29. The summed E-state index contributed by atoms with van der Waals surface area (Å²) in [5, 5.41) is 2.67. The van der Waals surface area contributed by atoms with Crippen molar-refractivity contribution in [2.45, 2.75) is 44.5 Å². The van der Waals surface area contributed by atoms with Crippen LogP contribution in [0.25, 0.3) is 0 Å². The zero-order chi connectivity index (χ0) is 22.9. The van der Waals surface area contributed by atoms with Gasteiger partial charge in [-0.15, -0.1) is 13.2 Å². The minimum atomic E-state index is -4.94. The molecule has 0 bridgehead atoms. The number of hydrogen-bond acceptors (Lipinski definition) is 5. The lowest BCUT2D eigenvalue weighted by molar-refractivity contribution is -0.274. The summed E-state index contributed by atoms with van der Waals surface area (Å²) < 4.78 is 41.6. The highest BCUT2D eigenvalue weighted by atomic mass is 19.4. The number of hydrogen-bond donors (Lipinski definition) is 1. The number of benzene rings is 1. The third-order valence-electron chi connectivity index (χ3n) is 5.68. The molecule has 1 atom stereocenters. The Balaban J connectivity index is 1.66. The number of carbonyl (C=O) groups excluding carboxylic acids is 3. The van der Waals surface area contributed by atoms with Crippen LogP contribution in [0.4, 0.5) is 24.7 Å². The molecule has 2 aliphatic rings. The first kappa shape index (κ1) is 21.8. The minimum absolute atomic E-state index is 0.0914. The number of rotatable bonds is 6. The van der Waals surface area contributed by atoms with Gasteiger partial charge in [-0.25, -0.2) is 4.98 Å². The van der Waals surface area contributed by atoms with E-state index in [4.69, 9.17) is 0 Å². The number of fused-ring (bicyclic) bond motifs is 1. The van der Waals surface area contributed by atoms with E-state index in [1.54, 1.807) is 18.2 Å². The van der Waals surface area contributed by atoms with Gasteiger partial charge in [0.15, 0.2) is 0 Å². The first-order valence-corrected chi connectivity index (χ1v) is 10.2. The molecule has 1 saturated carbocycles. The standard InChI is InChI=1S/C22H20F3N3O4/c23-22(24,25)32-14-8-9-16-15(12-14)19(29)21(31)28(16)17(11-13-5-1-2-6-13)20(30)27-18-7-3-4-10-26-18/h3-4,7-10,12-13,17H,1-2,5-6,11H2,(H,26,27,30). The molecule has 1 aromatic heterocycles. The fourth-order valence-electron chi connectivity index (χ4n) is 4.29. The van der Waals surface area contributed by atoms with Crippen LogP contribution in [0, 0.1) is 5.92 Å². The molecular weight excluding hydrogens is 427 g/mol. The summed E-state index contributed by atoms with van der Waals surface area (Å²) in [5.74, 6) is -2.57. The number of nitrogens with one attached hydrogen (secondary N) is 1. The number of aromatic nitrogens is 1. The number of halogens is 3. The number of alkyl halides is 3. The van der Waals surface area contributed by atoms with Gasteiger partial charge in [0.05, 0.1) is 11.3 Å². The van der Waals surface area contributed by atoms with Gasteiger partial charge in [0, 0.05) is 6.20 Å². The van der Waals surface area contributed by atoms with Crippen molar-refractivity contribution in [2.75, 3.05) is 10.2 Å². The predicted octanol–water partition coefficient (Wildman–Crippen LogP) is 4.10. The summed E-state index contributed by atoms with van der Waals surface area (Å²) in [6, 6.07) is 7.07. The monoisotopic (exact) mass is 447 g/mol. The summed E-state index contributed by atoms with van der Waals surface area (Å²) in [5.41, 5.74) is -0.132. The van der Waals surface area contributed by atoms with Gasteiger partial charge >= 0.3 is 6.36 Å². The van der Waals surface area contributed by atoms with E-state index >= 15 is 0 Å². The number of pyridine rings is 1. The Morgan fingerprint density at radius 3 is 2.59 bits per heavy atom. The van der Waals surface area contributed by atoms with Crippen LogP contribution in [-0.2, 0) is 9.59 Å². The van der Waals surface area contributed by atoms with Crippen LogP contribution in [-0.4, -0.2) is 35.0 Å². The lowest BCUT2D eigenvalue weighted by Gasteiger charge is -2.29. The molecule has 32 heavy (non-hydrogen) atoms. The molecule has 1 aliphatic carbocycles. The zero-order valence-electron chi connectivity index (χ0n) is 16.9. The summed E-state index contributed by atoms with van der Waals surface area (Å²) in [6.07, 6.45) is 0.722. The molecule has 2 amide bonds. The second kappa shape index (κ2) is 8.60. The number of carbonyl (C=O) groups is 3. The molecule has 1 N–H and O–H groups in total. The molecule has 0 radical (unpaired) electrons. The summed E-state index contributed by atoms with van der Waals surface area (Å²) in [6.45, 7) is 0. The predicted molar refractivity (Wildman–Crippen MR) is 108 cm³/mol. The van der Waals surface area contributed by atoms with Crippen LogP contribution < -0.4 is 15.0 Å². The second-order valence-electron chi connectivity index (χ2n) is 7.84. The first-order valence-electron chi connectivity index (χ1n) is 10.2. The van der Waals surface area contributed by atoms with Crippen molar-refractivity contribution in [3.63, 3.8) is 0 Å². The first-order chi connectivity index (χ1) is 15.2. The van der Waals surface area contributed by atoms with E-state index in [1.165, 1.54) is 12.3 Å². The molecular formula is C22H20F3N3O4. The zero-order valence-corrected chi connectivity index (χ0v) is 16.9. The van der Waals surface area contributed by atoms with E-state index < -0.39 is 35.8 Å². The van der Waals surface area contributed by atoms with E-state index in [0.29, 0.717) is 12.2 Å². The Labute approximate surface area is 181 Å². The number of ether oxygens (including phenoxy) is 1. The smallest absolute Gasteiger partial charge is 0.406 e. The normalized spacial score (nSPS) is 17.4. The van der Waals surface area contributed by atoms with Gasteiger partial charge in [0.1, 0.15) is 17.6 Å². The van der Waals surface area contributed by atoms with Crippen LogP contribution in [0.2, 0.25) is 0 Å². The van der Waals surface area contributed by atoms with Crippen LogP contribution in [0.3, 0.4) is 0 Å². The Hall–Kier alpha value is -3.43. The maximum atomic E-state index is 13.2. The molecule has 2 aromatic rings. The molecule has 0 saturated heterocycles. The van der Waals surface area contributed by atoms with Crippen LogP contribution in [0.1, 0.15) is 42.5 Å². The Bertz CT molecular complexity index is 1040. The van der Waals surface area contributed by atoms with Gasteiger partial charge in [0.2, 0.25) is 5.91 Å². The average molecular weight is 447 g/mol. The molecule has 1 fully saturated rings. The molecule has 1 unspecified atom stereocenters. The van der Waals surface area contributed by atoms with E-state index in [-0.39, 0.29) is 17.2 Å². The second-order valence-corrected chi connectivity index (χ2v) is 7.84. The third kappa shape index (κ3) is 4.58. The van der Waals surface area contributed by atoms with E-state index in [2.05, 4.69) is 15.0 Å². The van der Waals surface area contributed by atoms with E-state index in [9.17, 15) is 27.6 Å². The molecule has 1 aromatic carbocycles. The van der Waals surface area contributed by atoms with Crippen LogP contribution in [0.5, 0.6) is 5.75 Å². The highest BCUT2D eigenvalue weighted by Gasteiger charge is 2.44. The van der Waals surface area contributed by atoms with Gasteiger partial charge in [-0.05, 0) is 42.7 Å². The Morgan fingerprint density at radius 2 is 1.94 bits per heavy atom. The molecule has 1 aliphatic heterocycles. The van der Waals surface area contributed by atoms with Crippen molar-refractivity contribution >= 4 is 29.1 Å². The lowest BCUT2D eigenvalue weighted by Crippen LogP contribution is -2.48. The SMILES string of the molecule is O=C1C(=O)N(C(CC2CCCC2)C(=O)Nc2ccccn2)c2ccc(OC(F)(F)F)cc21. The summed E-state index contributed by atoms with van der Waals surface area (Å²) in [4.78, 5) is 43.7. The lowest BCUT2D eigenvalue weighted by atomic mass is 9.96. The van der Waals surface area contributed by atoms with Gasteiger partial charge in [0.25, 0.3) is 11.7 Å². The minimum Gasteiger partial charge on any atom is -0.406 e. The highest BCUT2D eigenvalue weighted by molar-refractivity contribution is 6.53. The molecule has 0 spiro atoms. The number of anilines is 2. The Kier molecular flexibility index (Phi) is 5.86. The van der Waals surface area contributed by atoms with Crippen molar-refractivity contribution in [3.8, 4) is 5.75 Å². The van der Waals surface area contributed by atoms with E-state index in [0.717, 1.165) is 42.7 Å². The van der Waals surface area contributed by atoms with Crippen molar-refractivity contribution in [3.05, 3.63) is 48.2 Å². The van der Waals surface area contributed by atoms with Gasteiger partial charge in [-0.1, -0.05) is 31.7 Å². The average Bonchev–Trinajstić information content (AvgIpc) is 3.33. The molecule has 10 heteroatoms. The third-order valence-corrected chi connectivity index (χ3v) is 5.68. The van der Waals surface area contributed by atoms with Crippen molar-refractivity contribution < 1.29 is 32.3 Å². The van der Waals surface area contributed by atoms with Crippen LogP contribution in [0.15, 0.2) is 42.6 Å². The van der Waals surface area contributed by atoms with Gasteiger partial charge < -0.3 is 10.1 Å². The maximum Gasteiger partial charge on any atom is 0.573 e. The van der Waals surface area contributed by atoms with Crippen molar-refractivity contribution in [2.24, 2.45) is 5.92 Å². The van der Waals surface area contributed by atoms with Crippen molar-refractivity contribution in [1.82, 2.24) is 4.98 Å². The molecule has 2 heterocycles. The summed E-state index contributed by atoms with van der Waals surface area (Å²) >= 11 is 0. The molecule has 168 valence electrons. The van der Waals surface area contributed by atoms with Gasteiger partial charge in [-0.2, -0.15) is 0 Å². The number of nitrogens with zero attached hydrogens (tertiary/aromatic N) is 2. The number of amides is 2. The fraction of sp³-hybridized carbons (Fsp3) is 0.364. The summed E-state index contributed by atoms with van der Waals surface area (Å²) in [7, 11) is 0. The molecule has 7 nitrogen and oxygen atoms in total. The van der Waals surface area contributed by atoms with Gasteiger partial charge in [-0.3, -0.25) is 19.3 Å². The van der Waals surface area contributed by atoms with Crippen LogP contribution >= 0.6 is 0 Å². The van der Waals surface area contributed by atoms with E-state index in [1.807, 2.05) is 0 Å². The number of Topliss-reactive ketones (excluding diaryl/α,β-unsaturated/α-hetero) is 1. The maximum absolute atomic E-state index is 13.2. The van der Waals surface area contributed by atoms with Crippen molar-refractivity contribution in [1.29, 1.82) is 0 Å². The number of ketones is 1. The Morgan fingerprint density at radius 1 is 1.19 bits per heavy atom. The topological polar surface area (TPSA) is 88.6 Å². The largest absolute Gasteiger partial charge is 0.573 e. The quantitative estimate of drug-likeness (QED) is 0.674. The highest BCUT2D eigenvalue weighted by Crippen LogP contribution is 2.38. The molecule has 4 rings (SSSR count).